The molecule has 1 aromatic carbocycles. The number of hydrogen-bond donors (Lipinski definition) is 2. The molecule has 1 amide bonds. The van der Waals surface area contributed by atoms with E-state index >= 15 is 0 Å². The fraction of sp³-hybridized carbons (Fsp3) is 0.389. The van der Waals surface area contributed by atoms with Crippen molar-refractivity contribution in [3.8, 4) is 0 Å². The van der Waals surface area contributed by atoms with E-state index in [1.54, 1.807) is 0 Å². The summed E-state index contributed by atoms with van der Waals surface area (Å²) < 4.78 is 0. The van der Waals surface area contributed by atoms with Gasteiger partial charge in [-0.15, -0.1) is 0 Å². The predicted molar refractivity (Wildman–Crippen MR) is 96.8 cm³/mol. The Bertz CT molecular complexity index is 723. The van der Waals surface area contributed by atoms with E-state index in [2.05, 4.69) is 20.6 Å². The van der Waals surface area contributed by atoms with Crippen molar-refractivity contribution >= 4 is 28.9 Å². The van der Waals surface area contributed by atoms with Gasteiger partial charge in [-0.3, -0.25) is 4.79 Å². The van der Waals surface area contributed by atoms with Crippen molar-refractivity contribution in [1.82, 2.24) is 9.97 Å². The number of nitrogens with one attached hydrogen (secondary N) is 2. The molecule has 1 heterocycles. The fourth-order valence-corrected chi connectivity index (χ4v) is 2.43. The summed E-state index contributed by atoms with van der Waals surface area (Å²) in [5.74, 6) is 3.01. The number of amides is 1. The molecule has 0 radical (unpaired) electrons. The van der Waals surface area contributed by atoms with E-state index in [0.717, 1.165) is 23.0 Å². The number of carbonyl (C=O) groups is 1. The Morgan fingerprint density at radius 2 is 1.83 bits per heavy atom. The lowest BCUT2D eigenvalue weighted by Gasteiger charge is -2.14. The molecule has 1 aliphatic rings. The molecular weight excluding hydrogens is 302 g/mol. The zero-order chi connectivity index (χ0) is 17.1. The molecule has 0 bridgehead atoms. The number of nitrogens with zero attached hydrogens (tertiary/aromatic N) is 3. The summed E-state index contributed by atoms with van der Waals surface area (Å²) in [7, 11) is 3.90. The van der Waals surface area contributed by atoms with Gasteiger partial charge >= 0.3 is 0 Å². The Morgan fingerprint density at radius 3 is 2.46 bits per heavy atom. The minimum absolute atomic E-state index is 0.0975. The lowest BCUT2D eigenvalue weighted by molar-refractivity contribution is -0.116. The molecule has 2 aromatic rings. The van der Waals surface area contributed by atoms with Gasteiger partial charge in [-0.2, -0.15) is 0 Å². The van der Waals surface area contributed by atoms with Crippen LogP contribution in [-0.4, -0.2) is 30.0 Å². The van der Waals surface area contributed by atoms with E-state index in [0.29, 0.717) is 18.2 Å². The van der Waals surface area contributed by atoms with Crippen LogP contribution in [0.1, 0.15) is 25.1 Å². The summed E-state index contributed by atoms with van der Waals surface area (Å²) in [4.78, 5) is 22.6. The average Bonchev–Trinajstić information content (AvgIpc) is 3.32. The highest BCUT2D eigenvalue weighted by Gasteiger charge is 2.24. The molecule has 1 fully saturated rings. The van der Waals surface area contributed by atoms with Crippen LogP contribution in [0.15, 0.2) is 30.3 Å². The second-order valence-corrected chi connectivity index (χ2v) is 6.45. The quantitative estimate of drug-likeness (QED) is 0.852. The first-order chi connectivity index (χ1) is 11.5. The lowest BCUT2D eigenvalue weighted by atomic mass is 10.2. The first kappa shape index (κ1) is 16.2. The van der Waals surface area contributed by atoms with Crippen LogP contribution >= 0.6 is 0 Å². The molecular formula is C18H23N5O. The number of aromatic nitrogens is 2. The third-order valence-electron chi connectivity index (χ3n) is 3.89. The summed E-state index contributed by atoms with van der Waals surface area (Å²) in [6, 6.07) is 9.55. The number of benzene rings is 1. The lowest BCUT2D eigenvalue weighted by Crippen LogP contribution is -2.12. The van der Waals surface area contributed by atoms with Gasteiger partial charge in [0.15, 0.2) is 0 Å². The standard InChI is InChI=1S/C18H23N5O/c1-12-19-16(11-17(20-12)23(2)3)21-14-6-8-15(9-7-14)22-18(24)10-13-4-5-13/h6-9,11,13H,4-5,10H2,1-3H3,(H,22,24)(H,19,20,21). The zero-order valence-corrected chi connectivity index (χ0v) is 14.3. The summed E-state index contributed by atoms with van der Waals surface area (Å²) in [6.07, 6.45) is 3.00. The first-order valence-corrected chi connectivity index (χ1v) is 8.19. The second-order valence-electron chi connectivity index (χ2n) is 6.45. The molecule has 6 heteroatoms. The van der Waals surface area contributed by atoms with Gasteiger partial charge in [0.25, 0.3) is 0 Å². The average molecular weight is 325 g/mol. The van der Waals surface area contributed by atoms with E-state index in [9.17, 15) is 4.79 Å². The van der Waals surface area contributed by atoms with Crippen LogP contribution in [0.25, 0.3) is 0 Å². The van der Waals surface area contributed by atoms with Crippen molar-refractivity contribution in [3.63, 3.8) is 0 Å². The number of carbonyl (C=O) groups excluding carboxylic acids is 1. The smallest absolute Gasteiger partial charge is 0.224 e. The minimum atomic E-state index is 0.0975. The number of rotatable bonds is 6. The predicted octanol–water partition coefficient (Wildman–Crippen LogP) is 3.33. The molecule has 0 unspecified atom stereocenters. The Hall–Kier alpha value is -2.63. The first-order valence-electron chi connectivity index (χ1n) is 8.19. The molecule has 2 N–H and O–H groups in total. The topological polar surface area (TPSA) is 70.2 Å². The van der Waals surface area contributed by atoms with Crippen LogP contribution in [0.2, 0.25) is 0 Å². The van der Waals surface area contributed by atoms with Crippen molar-refractivity contribution < 1.29 is 4.79 Å². The molecule has 6 nitrogen and oxygen atoms in total. The largest absolute Gasteiger partial charge is 0.363 e. The maximum Gasteiger partial charge on any atom is 0.224 e. The van der Waals surface area contributed by atoms with Gasteiger partial charge < -0.3 is 15.5 Å². The maximum atomic E-state index is 11.8. The van der Waals surface area contributed by atoms with Gasteiger partial charge in [0.1, 0.15) is 17.5 Å². The van der Waals surface area contributed by atoms with Gasteiger partial charge in [-0.25, -0.2) is 9.97 Å². The van der Waals surface area contributed by atoms with Crippen LogP contribution in [0.3, 0.4) is 0 Å². The highest BCUT2D eigenvalue weighted by Crippen LogP contribution is 2.32. The summed E-state index contributed by atoms with van der Waals surface area (Å²) in [5, 5.41) is 6.21. The highest BCUT2D eigenvalue weighted by atomic mass is 16.1. The zero-order valence-electron chi connectivity index (χ0n) is 14.3. The van der Waals surface area contributed by atoms with Crippen LogP contribution < -0.4 is 15.5 Å². The van der Waals surface area contributed by atoms with E-state index in [1.165, 1.54) is 12.8 Å². The number of anilines is 4. The minimum Gasteiger partial charge on any atom is -0.363 e. The molecule has 1 aromatic heterocycles. The van der Waals surface area contributed by atoms with Gasteiger partial charge in [0.05, 0.1) is 0 Å². The molecule has 126 valence electrons. The SMILES string of the molecule is Cc1nc(Nc2ccc(NC(=O)CC3CC3)cc2)cc(N(C)C)n1. The van der Waals surface area contributed by atoms with Crippen LogP contribution in [0.5, 0.6) is 0 Å². The Labute approximate surface area is 142 Å². The van der Waals surface area contributed by atoms with Crippen molar-refractivity contribution in [2.45, 2.75) is 26.2 Å². The van der Waals surface area contributed by atoms with Crippen LogP contribution in [0, 0.1) is 12.8 Å². The number of hydrogen-bond acceptors (Lipinski definition) is 5. The van der Waals surface area contributed by atoms with Gasteiger partial charge in [0.2, 0.25) is 5.91 Å². The molecule has 0 saturated heterocycles. The Kier molecular flexibility index (Phi) is 4.64. The van der Waals surface area contributed by atoms with Gasteiger partial charge in [-0.1, -0.05) is 0 Å². The highest BCUT2D eigenvalue weighted by molar-refractivity contribution is 5.91. The molecule has 0 aliphatic heterocycles. The Balaban J connectivity index is 1.64. The van der Waals surface area contributed by atoms with Crippen molar-refractivity contribution in [2.24, 2.45) is 5.92 Å². The third kappa shape index (κ3) is 4.44. The summed E-state index contributed by atoms with van der Waals surface area (Å²) >= 11 is 0. The molecule has 1 aliphatic carbocycles. The van der Waals surface area contributed by atoms with E-state index in [-0.39, 0.29) is 5.91 Å². The van der Waals surface area contributed by atoms with Crippen LogP contribution in [-0.2, 0) is 4.79 Å². The maximum absolute atomic E-state index is 11.8. The van der Waals surface area contributed by atoms with Crippen molar-refractivity contribution in [3.05, 3.63) is 36.2 Å². The molecule has 24 heavy (non-hydrogen) atoms. The van der Waals surface area contributed by atoms with E-state index in [1.807, 2.05) is 56.3 Å². The summed E-state index contributed by atoms with van der Waals surface area (Å²) in [6.45, 7) is 1.87. The molecule has 0 spiro atoms. The monoisotopic (exact) mass is 325 g/mol. The fourth-order valence-electron chi connectivity index (χ4n) is 2.43. The third-order valence-corrected chi connectivity index (χ3v) is 3.89. The van der Waals surface area contributed by atoms with Crippen LogP contribution in [0.4, 0.5) is 23.0 Å². The van der Waals surface area contributed by atoms with E-state index < -0.39 is 0 Å². The molecule has 3 rings (SSSR count). The van der Waals surface area contributed by atoms with Crippen molar-refractivity contribution in [2.75, 3.05) is 29.6 Å². The van der Waals surface area contributed by atoms with Gasteiger partial charge in [-0.05, 0) is 49.9 Å². The van der Waals surface area contributed by atoms with Gasteiger partial charge in [0, 0.05) is 38.0 Å². The normalized spacial score (nSPS) is 13.5. The van der Waals surface area contributed by atoms with Crippen molar-refractivity contribution in [1.29, 1.82) is 0 Å². The molecule has 1 saturated carbocycles. The Morgan fingerprint density at radius 1 is 1.17 bits per heavy atom. The molecule has 0 atom stereocenters. The number of aryl methyl sites for hydroxylation is 1. The second kappa shape index (κ2) is 6.86. The summed E-state index contributed by atoms with van der Waals surface area (Å²) in [5.41, 5.74) is 1.73. The van der Waals surface area contributed by atoms with E-state index in [4.69, 9.17) is 0 Å².